The minimum atomic E-state index is -0.310. The number of hydrogen-bond acceptors (Lipinski definition) is 2. The van der Waals surface area contributed by atoms with E-state index in [1.807, 2.05) is 6.07 Å². The van der Waals surface area contributed by atoms with Gasteiger partial charge in [0.05, 0.1) is 11.6 Å². The molecule has 2 nitrogen and oxygen atoms in total. The van der Waals surface area contributed by atoms with Crippen LogP contribution in [-0.2, 0) is 0 Å². The molecule has 0 amide bonds. The molecule has 1 fully saturated rings. The van der Waals surface area contributed by atoms with Gasteiger partial charge in [-0.05, 0) is 53.0 Å². The van der Waals surface area contributed by atoms with Crippen LogP contribution in [0.25, 0.3) is 0 Å². The number of methoxy groups -OCH3 is 1. The molecular formula is C11H13BrFNO. The zero-order chi connectivity index (χ0) is 10.8. The summed E-state index contributed by atoms with van der Waals surface area (Å²) in [6.07, 6.45) is 2.22. The van der Waals surface area contributed by atoms with E-state index in [4.69, 9.17) is 4.74 Å². The summed E-state index contributed by atoms with van der Waals surface area (Å²) in [5.74, 6) is -0.0349. The summed E-state index contributed by atoms with van der Waals surface area (Å²) < 4.78 is 19.2. The SMILES string of the molecule is COc1c(F)cc(C2CCCN2)cc1Br. The Morgan fingerprint density at radius 3 is 2.87 bits per heavy atom. The number of nitrogens with one attached hydrogen (secondary N) is 1. The van der Waals surface area contributed by atoms with Crippen LogP contribution in [0.4, 0.5) is 4.39 Å². The first-order valence-corrected chi connectivity index (χ1v) is 5.78. The van der Waals surface area contributed by atoms with Gasteiger partial charge >= 0.3 is 0 Å². The fourth-order valence-corrected chi connectivity index (χ4v) is 2.56. The minimum Gasteiger partial charge on any atom is -0.492 e. The average molecular weight is 274 g/mol. The first-order valence-electron chi connectivity index (χ1n) is 4.98. The number of hydrogen-bond donors (Lipinski definition) is 1. The van der Waals surface area contributed by atoms with Crippen molar-refractivity contribution in [3.63, 3.8) is 0 Å². The third-order valence-corrected chi connectivity index (χ3v) is 3.28. The summed E-state index contributed by atoms with van der Waals surface area (Å²) >= 11 is 3.31. The van der Waals surface area contributed by atoms with E-state index in [-0.39, 0.29) is 17.6 Å². The zero-order valence-corrected chi connectivity index (χ0v) is 10.1. The molecule has 0 radical (unpaired) electrons. The molecule has 0 spiro atoms. The van der Waals surface area contributed by atoms with Crippen LogP contribution >= 0.6 is 15.9 Å². The van der Waals surface area contributed by atoms with E-state index in [1.165, 1.54) is 7.11 Å². The highest BCUT2D eigenvalue weighted by Gasteiger charge is 2.19. The second-order valence-electron chi connectivity index (χ2n) is 3.67. The molecule has 1 atom stereocenters. The van der Waals surface area contributed by atoms with Crippen molar-refractivity contribution in [2.45, 2.75) is 18.9 Å². The summed E-state index contributed by atoms with van der Waals surface area (Å²) in [6.45, 7) is 1.01. The van der Waals surface area contributed by atoms with Gasteiger partial charge in [-0.2, -0.15) is 0 Å². The highest BCUT2D eigenvalue weighted by atomic mass is 79.9. The number of ether oxygens (including phenoxy) is 1. The van der Waals surface area contributed by atoms with Crippen LogP contribution in [0.2, 0.25) is 0 Å². The molecule has 1 heterocycles. The monoisotopic (exact) mass is 273 g/mol. The summed E-state index contributed by atoms with van der Waals surface area (Å²) in [6, 6.07) is 3.75. The van der Waals surface area contributed by atoms with Crippen LogP contribution in [0.1, 0.15) is 24.4 Å². The maximum absolute atomic E-state index is 13.6. The predicted molar refractivity (Wildman–Crippen MR) is 60.6 cm³/mol. The smallest absolute Gasteiger partial charge is 0.168 e. The first-order chi connectivity index (χ1) is 7.22. The summed E-state index contributed by atoms with van der Waals surface area (Å²) in [4.78, 5) is 0. The second kappa shape index (κ2) is 4.49. The van der Waals surface area contributed by atoms with Crippen LogP contribution in [0, 0.1) is 5.82 Å². The lowest BCUT2D eigenvalue weighted by atomic mass is 10.1. The van der Waals surface area contributed by atoms with Crippen molar-refractivity contribution in [2.24, 2.45) is 0 Å². The van der Waals surface area contributed by atoms with Crippen LogP contribution in [-0.4, -0.2) is 13.7 Å². The van der Waals surface area contributed by atoms with Gasteiger partial charge in [-0.15, -0.1) is 0 Å². The Balaban J connectivity index is 2.33. The highest BCUT2D eigenvalue weighted by molar-refractivity contribution is 9.10. The van der Waals surface area contributed by atoms with Crippen LogP contribution in [0.5, 0.6) is 5.75 Å². The Hall–Kier alpha value is -0.610. The van der Waals surface area contributed by atoms with Crippen molar-refractivity contribution in [1.82, 2.24) is 5.32 Å². The van der Waals surface area contributed by atoms with Crippen molar-refractivity contribution in [3.8, 4) is 5.75 Å². The van der Waals surface area contributed by atoms with Crippen LogP contribution in [0.15, 0.2) is 16.6 Å². The summed E-state index contributed by atoms with van der Waals surface area (Å²) in [5.41, 5.74) is 0.984. The fraction of sp³-hybridized carbons (Fsp3) is 0.455. The van der Waals surface area contributed by atoms with Crippen molar-refractivity contribution in [3.05, 3.63) is 28.0 Å². The molecule has 82 valence electrons. The molecule has 1 N–H and O–H groups in total. The van der Waals surface area contributed by atoms with E-state index in [0.717, 1.165) is 24.9 Å². The van der Waals surface area contributed by atoms with E-state index in [9.17, 15) is 4.39 Å². The second-order valence-corrected chi connectivity index (χ2v) is 4.52. The predicted octanol–water partition coefficient (Wildman–Crippen LogP) is 3.02. The van der Waals surface area contributed by atoms with Gasteiger partial charge in [-0.25, -0.2) is 4.39 Å². The van der Waals surface area contributed by atoms with E-state index < -0.39 is 0 Å². The normalized spacial score (nSPS) is 20.6. The molecule has 4 heteroatoms. The molecule has 1 aromatic carbocycles. The van der Waals surface area contributed by atoms with Crippen molar-refractivity contribution in [2.75, 3.05) is 13.7 Å². The van der Waals surface area contributed by atoms with Gasteiger partial charge in [0.15, 0.2) is 11.6 Å². The average Bonchev–Trinajstić information content (AvgIpc) is 2.69. The van der Waals surface area contributed by atoms with Crippen LogP contribution in [0.3, 0.4) is 0 Å². The van der Waals surface area contributed by atoms with Gasteiger partial charge in [0.2, 0.25) is 0 Å². The molecule has 15 heavy (non-hydrogen) atoms. The quantitative estimate of drug-likeness (QED) is 0.895. The Bertz CT molecular complexity index is 341. The van der Waals surface area contributed by atoms with Crippen molar-refractivity contribution < 1.29 is 9.13 Å². The highest BCUT2D eigenvalue weighted by Crippen LogP contribution is 2.33. The number of benzene rings is 1. The van der Waals surface area contributed by atoms with E-state index in [1.54, 1.807) is 6.07 Å². The molecular weight excluding hydrogens is 261 g/mol. The zero-order valence-electron chi connectivity index (χ0n) is 8.52. The fourth-order valence-electron chi connectivity index (χ4n) is 1.94. The van der Waals surface area contributed by atoms with E-state index in [0.29, 0.717) is 4.47 Å². The number of halogens is 2. The van der Waals surface area contributed by atoms with Gasteiger partial charge in [-0.1, -0.05) is 0 Å². The van der Waals surface area contributed by atoms with Crippen molar-refractivity contribution in [1.29, 1.82) is 0 Å². The minimum absolute atomic E-state index is 0.275. The first kappa shape index (κ1) is 10.9. The van der Waals surface area contributed by atoms with Crippen LogP contribution < -0.4 is 10.1 Å². The lowest BCUT2D eigenvalue weighted by Gasteiger charge is -2.13. The molecule has 0 aliphatic carbocycles. The third kappa shape index (κ3) is 2.16. The molecule has 2 rings (SSSR count). The molecule has 1 saturated heterocycles. The Kier molecular flexibility index (Phi) is 3.26. The molecule has 1 aromatic rings. The molecule has 1 unspecified atom stereocenters. The molecule has 0 bridgehead atoms. The maximum atomic E-state index is 13.6. The van der Waals surface area contributed by atoms with Gasteiger partial charge in [0.1, 0.15) is 0 Å². The summed E-state index contributed by atoms with van der Waals surface area (Å²) in [7, 11) is 1.47. The molecule has 1 aliphatic rings. The van der Waals surface area contributed by atoms with Gasteiger partial charge in [0.25, 0.3) is 0 Å². The largest absolute Gasteiger partial charge is 0.492 e. The van der Waals surface area contributed by atoms with Gasteiger partial charge in [0, 0.05) is 6.04 Å². The molecule has 0 saturated carbocycles. The van der Waals surface area contributed by atoms with Crippen molar-refractivity contribution >= 4 is 15.9 Å². The Labute approximate surface area is 96.9 Å². The third-order valence-electron chi connectivity index (χ3n) is 2.69. The maximum Gasteiger partial charge on any atom is 0.168 e. The van der Waals surface area contributed by atoms with Gasteiger partial charge < -0.3 is 10.1 Å². The lowest BCUT2D eigenvalue weighted by Crippen LogP contribution is -2.13. The van der Waals surface area contributed by atoms with E-state index >= 15 is 0 Å². The topological polar surface area (TPSA) is 21.3 Å². The Morgan fingerprint density at radius 1 is 1.53 bits per heavy atom. The standard InChI is InChI=1S/C11H13BrFNO/c1-15-11-8(12)5-7(6-9(11)13)10-3-2-4-14-10/h5-6,10,14H,2-4H2,1H3. The molecule has 0 aromatic heterocycles. The van der Waals surface area contributed by atoms with E-state index in [2.05, 4.69) is 21.2 Å². The lowest BCUT2D eigenvalue weighted by molar-refractivity contribution is 0.383. The van der Waals surface area contributed by atoms with Gasteiger partial charge in [-0.3, -0.25) is 0 Å². The summed E-state index contributed by atoms with van der Waals surface area (Å²) in [5, 5.41) is 3.34. The Morgan fingerprint density at radius 2 is 2.33 bits per heavy atom. The molecule has 1 aliphatic heterocycles. The number of rotatable bonds is 2.